The zero-order chi connectivity index (χ0) is 15.1. The summed E-state index contributed by atoms with van der Waals surface area (Å²) in [5.41, 5.74) is 1.75. The normalized spacial score (nSPS) is 20.6. The molecular weight excluding hydrogens is 260 g/mol. The highest BCUT2D eigenvalue weighted by molar-refractivity contribution is 5.16. The van der Waals surface area contributed by atoms with E-state index in [1.165, 1.54) is 5.56 Å². The molecule has 3 heteroatoms. The highest BCUT2D eigenvalue weighted by Gasteiger charge is 2.26. The van der Waals surface area contributed by atoms with Crippen molar-refractivity contribution in [2.24, 2.45) is 5.41 Å². The Morgan fingerprint density at radius 3 is 2.76 bits per heavy atom. The fourth-order valence-electron chi connectivity index (χ4n) is 3.14. The maximum absolute atomic E-state index is 5.24. The minimum absolute atomic E-state index is 0.324. The summed E-state index contributed by atoms with van der Waals surface area (Å²) in [4.78, 5) is 2.61. The van der Waals surface area contributed by atoms with E-state index in [4.69, 9.17) is 4.74 Å². The zero-order valence-electron chi connectivity index (χ0n) is 13.8. The minimum Gasteiger partial charge on any atom is -0.385 e. The Morgan fingerprint density at radius 1 is 1.29 bits per heavy atom. The van der Waals surface area contributed by atoms with E-state index in [9.17, 15) is 0 Å². The molecule has 1 heterocycles. The molecule has 1 atom stereocenters. The van der Waals surface area contributed by atoms with Crippen LogP contribution < -0.4 is 5.32 Å². The summed E-state index contributed by atoms with van der Waals surface area (Å²) in [7, 11) is 1.79. The average molecular weight is 290 g/mol. The van der Waals surface area contributed by atoms with Crippen LogP contribution >= 0.6 is 0 Å². The van der Waals surface area contributed by atoms with Gasteiger partial charge in [0.1, 0.15) is 0 Å². The first kappa shape index (κ1) is 16.5. The zero-order valence-corrected chi connectivity index (χ0v) is 13.8. The van der Waals surface area contributed by atoms with Crippen LogP contribution in [0.4, 0.5) is 0 Å². The van der Waals surface area contributed by atoms with E-state index >= 15 is 0 Å². The van der Waals surface area contributed by atoms with E-state index in [1.807, 2.05) is 0 Å². The molecule has 1 N–H and O–H groups in total. The maximum atomic E-state index is 5.24. The van der Waals surface area contributed by atoms with Gasteiger partial charge in [-0.15, -0.1) is 0 Å². The maximum Gasteiger partial charge on any atom is 0.0467 e. The molecule has 0 amide bonds. The van der Waals surface area contributed by atoms with Crippen molar-refractivity contribution in [1.29, 1.82) is 0 Å². The van der Waals surface area contributed by atoms with Crippen LogP contribution in [-0.4, -0.2) is 50.8 Å². The van der Waals surface area contributed by atoms with Crippen LogP contribution in [0.25, 0.3) is 0 Å². The van der Waals surface area contributed by atoms with Crippen molar-refractivity contribution >= 4 is 0 Å². The van der Waals surface area contributed by atoms with Crippen molar-refractivity contribution in [1.82, 2.24) is 10.2 Å². The number of nitrogens with one attached hydrogen (secondary N) is 1. The fourth-order valence-corrected chi connectivity index (χ4v) is 3.14. The first-order valence-electron chi connectivity index (χ1n) is 8.08. The van der Waals surface area contributed by atoms with Gasteiger partial charge in [0.15, 0.2) is 0 Å². The van der Waals surface area contributed by atoms with Gasteiger partial charge in [-0.05, 0) is 23.8 Å². The molecule has 118 valence electrons. The summed E-state index contributed by atoms with van der Waals surface area (Å²) in [6.07, 6.45) is 2.24. The van der Waals surface area contributed by atoms with Gasteiger partial charge in [-0.1, -0.05) is 44.2 Å². The number of ether oxygens (including phenoxy) is 1. The van der Waals surface area contributed by atoms with Gasteiger partial charge in [0.2, 0.25) is 0 Å². The summed E-state index contributed by atoms with van der Waals surface area (Å²) < 4.78 is 5.24. The first-order valence-corrected chi connectivity index (χ1v) is 8.08. The Balaban J connectivity index is 1.83. The van der Waals surface area contributed by atoms with Gasteiger partial charge in [0.05, 0.1) is 0 Å². The van der Waals surface area contributed by atoms with E-state index in [0.717, 1.165) is 45.6 Å². The van der Waals surface area contributed by atoms with Crippen LogP contribution in [0.15, 0.2) is 30.3 Å². The number of rotatable bonds is 7. The van der Waals surface area contributed by atoms with Crippen LogP contribution in [0.3, 0.4) is 0 Å². The standard InChI is InChI=1S/C18H30N2O/c1-18(2,9-12-21-3)15-20-11-10-19-17(14-20)13-16-7-5-4-6-8-16/h4-8,17,19H,9-15H2,1-3H3. The lowest BCUT2D eigenvalue weighted by atomic mass is 9.88. The molecule has 1 aliphatic heterocycles. The van der Waals surface area contributed by atoms with Crippen LogP contribution in [0.5, 0.6) is 0 Å². The molecule has 1 aromatic carbocycles. The van der Waals surface area contributed by atoms with E-state index in [-0.39, 0.29) is 0 Å². The quantitative estimate of drug-likeness (QED) is 0.835. The Kier molecular flexibility index (Phi) is 6.22. The van der Waals surface area contributed by atoms with Gasteiger partial charge in [-0.25, -0.2) is 0 Å². The third-order valence-electron chi connectivity index (χ3n) is 4.30. The lowest BCUT2D eigenvalue weighted by Gasteiger charge is -2.38. The van der Waals surface area contributed by atoms with E-state index < -0.39 is 0 Å². The summed E-state index contributed by atoms with van der Waals surface area (Å²) in [5, 5.41) is 3.66. The van der Waals surface area contributed by atoms with E-state index in [2.05, 4.69) is 54.4 Å². The first-order chi connectivity index (χ1) is 10.1. The lowest BCUT2D eigenvalue weighted by Crippen LogP contribution is -2.53. The summed E-state index contributed by atoms with van der Waals surface area (Å²) in [6, 6.07) is 11.4. The van der Waals surface area contributed by atoms with Crippen molar-refractivity contribution in [3.05, 3.63) is 35.9 Å². The van der Waals surface area contributed by atoms with Crippen LogP contribution in [0.2, 0.25) is 0 Å². The summed E-state index contributed by atoms with van der Waals surface area (Å²) in [6.45, 7) is 10.1. The molecule has 1 aromatic rings. The van der Waals surface area contributed by atoms with Crippen molar-refractivity contribution in [2.75, 3.05) is 39.9 Å². The molecule has 1 fully saturated rings. The Bertz CT molecular complexity index is 405. The van der Waals surface area contributed by atoms with E-state index in [1.54, 1.807) is 7.11 Å². The molecule has 0 bridgehead atoms. The molecule has 0 saturated carbocycles. The Hall–Kier alpha value is -0.900. The number of piperazine rings is 1. The third-order valence-corrected chi connectivity index (χ3v) is 4.30. The number of hydrogen-bond acceptors (Lipinski definition) is 3. The Labute approximate surface area is 129 Å². The molecule has 21 heavy (non-hydrogen) atoms. The Morgan fingerprint density at radius 2 is 2.05 bits per heavy atom. The minimum atomic E-state index is 0.324. The largest absolute Gasteiger partial charge is 0.385 e. The van der Waals surface area contributed by atoms with Gasteiger partial charge in [-0.3, -0.25) is 4.90 Å². The highest BCUT2D eigenvalue weighted by Crippen LogP contribution is 2.22. The third kappa shape index (κ3) is 5.77. The number of hydrogen-bond donors (Lipinski definition) is 1. The second-order valence-electron chi connectivity index (χ2n) is 6.98. The molecule has 0 aliphatic carbocycles. The van der Waals surface area contributed by atoms with Crippen LogP contribution in [0.1, 0.15) is 25.8 Å². The second-order valence-corrected chi connectivity index (χ2v) is 6.98. The molecule has 0 aromatic heterocycles. The molecule has 1 unspecified atom stereocenters. The smallest absolute Gasteiger partial charge is 0.0467 e. The van der Waals surface area contributed by atoms with Crippen molar-refractivity contribution in [3.8, 4) is 0 Å². The summed E-state index contributed by atoms with van der Waals surface area (Å²) in [5.74, 6) is 0. The number of nitrogens with zero attached hydrogens (tertiary/aromatic N) is 1. The molecule has 0 radical (unpaired) electrons. The lowest BCUT2D eigenvalue weighted by molar-refractivity contribution is 0.0992. The second kappa shape index (κ2) is 7.92. The molecule has 1 saturated heterocycles. The topological polar surface area (TPSA) is 24.5 Å². The highest BCUT2D eigenvalue weighted by atomic mass is 16.5. The predicted molar refractivity (Wildman–Crippen MR) is 88.7 cm³/mol. The van der Waals surface area contributed by atoms with Crippen LogP contribution in [-0.2, 0) is 11.2 Å². The molecule has 0 spiro atoms. The van der Waals surface area contributed by atoms with Crippen LogP contribution in [0, 0.1) is 5.41 Å². The van der Waals surface area contributed by atoms with Gasteiger partial charge in [0, 0.05) is 45.9 Å². The van der Waals surface area contributed by atoms with Crippen molar-refractivity contribution < 1.29 is 4.74 Å². The molecular formula is C18H30N2O. The predicted octanol–water partition coefficient (Wildman–Crippen LogP) is 2.57. The van der Waals surface area contributed by atoms with Gasteiger partial charge in [0.25, 0.3) is 0 Å². The number of methoxy groups -OCH3 is 1. The van der Waals surface area contributed by atoms with E-state index in [0.29, 0.717) is 11.5 Å². The average Bonchev–Trinajstić information content (AvgIpc) is 2.46. The van der Waals surface area contributed by atoms with Gasteiger partial charge >= 0.3 is 0 Å². The molecule has 1 aliphatic rings. The summed E-state index contributed by atoms with van der Waals surface area (Å²) >= 11 is 0. The van der Waals surface area contributed by atoms with Gasteiger partial charge < -0.3 is 10.1 Å². The SMILES string of the molecule is COCCC(C)(C)CN1CCNC(Cc2ccccc2)C1. The van der Waals surface area contributed by atoms with Crippen molar-refractivity contribution in [2.45, 2.75) is 32.7 Å². The molecule has 3 nitrogen and oxygen atoms in total. The molecule has 2 rings (SSSR count). The van der Waals surface area contributed by atoms with Crippen molar-refractivity contribution in [3.63, 3.8) is 0 Å². The number of benzene rings is 1. The van der Waals surface area contributed by atoms with Gasteiger partial charge in [-0.2, -0.15) is 0 Å². The monoisotopic (exact) mass is 290 g/mol. The fraction of sp³-hybridized carbons (Fsp3) is 0.667.